The molecule has 0 spiro atoms. The van der Waals surface area contributed by atoms with Crippen LogP contribution in [0.15, 0.2) is 42.6 Å². The van der Waals surface area contributed by atoms with Crippen LogP contribution < -0.4 is 4.74 Å². The van der Waals surface area contributed by atoms with Crippen LogP contribution in [0.2, 0.25) is 0 Å². The first-order valence-corrected chi connectivity index (χ1v) is 4.96. The van der Waals surface area contributed by atoms with Crippen LogP contribution in [0.4, 0.5) is 5.69 Å². The second-order valence-electron chi connectivity index (χ2n) is 3.36. The lowest BCUT2D eigenvalue weighted by atomic mass is 10.1. The Morgan fingerprint density at radius 3 is 2.59 bits per heavy atom. The Kier molecular flexibility index (Phi) is 3.00. The van der Waals surface area contributed by atoms with E-state index < -0.39 is 4.92 Å². The molecule has 0 radical (unpaired) electrons. The molecule has 5 nitrogen and oxygen atoms in total. The summed E-state index contributed by atoms with van der Waals surface area (Å²) in [6.45, 7) is 0. The molecule has 0 aliphatic heterocycles. The molecular formula is C12H10N2O3. The van der Waals surface area contributed by atoms with Gasteiger partial charge in [0.05, 0.1) is 17.7 Å². The zero-order chi connectivity index (χ0) is 12.3. The number of pyridine rings is 1. The molecule has 2 rings (SSSR count). The number of nitro groups is 1. The zero-order valence-electron chi connectivity index (χ0n) is 9.16. The van der Waals surface area contributed by atoms with E-state index in [1.54, 1.807) is 13.2 Å². The highest BCUT2D eigenvalue weighted by Gasteiger charge is 2.09. The van der Waals surface area contributed by atoms with Gasteiger partial charge in [0.15, 0.2) is 0 Å². The van der Waals surface area contributed by atoms with Crippen LogP contribution in [0.3, 0.4) is 0 Å². The average molecular weight is 230 g/mol. The van der Waals surface area contributed by atoms with Crippen LogP contribution in [0.1, 0.15) is 0 Å². The van der Waals surface area contributed by atoms with Crippen molar-refractivity contribution in [3.63, 3.8) is 0 Å². The molecule has 0 unspecified atom stereocenters. The second-order valence-corrected chi connectivity index (χ2v) is 3.36. The maximum atomic E-state index is 10.5. The quantitative estimate of drug-likeness (QED) is 0.600. The fraction of sp³-hybridized carbons (Fsp3) is 0.0833. The molecule has 17 heavy (non-hydrogen) atoms. The number of aromatic nitrogens is 1. The van der Waals surface area contributed by atoms with E-state index in [0.717, 1.165) is 5.56 Å². The summed E-state index contributed by atoms with van der Waals surface area (Å²) in [4.78, 5) is 14.1. The van der Waals surface area contributed by atoms with Crippen molar-refractivity contribution in [2.75, 3.05) is 7.11 Å². The highest BCUT2D eigenvalue weighted by Crippen LogP contribution is 2.28. The Morgan fingerprint density at radius 1 is 1.24 bits per heavy atom. The minimum absolute atomic E-state index is 0.0244. The van der Waals surface area contributed by atoms with Gasteiger partial charge in [0, 0.05) is 11.6 Å². The number of rotatable bonds is 3. The fourth-order valence-electron chi connectivity index (χ4n) is 1.51. The van der Waals surface area contributed by atoms with Crippen LogP contribution >= 0.6 is 0 Å². The molecule has 1 aromatic carbocycles. The first-order chi connectivity index (χ1) is 8.22. The predicted octanol–water partition coefficient (Wildman–Crippen LogP) is 2.67. The first kappa shape index (κ1) is 11.1. The van der Waals surface area contributed by atoms with Gasteiger partial charge in [-0.25, -0.2) is 4.98 Å². The first-order valence-electron chi connectivity index (χ1n) is 4.96. The summed E-state index contributed by atoms with van der Waals surface area (Å²) in [7, 11) is 1.57. The lowest BCUT2D eigenvalue weighted by Crippen LogP contribution is -1.92. The third-order valence-corrected chi connectivity index (χ3v) is 2.34. The van der Waals surface area contributed by atoms with Gasteiger partial charge in [0.1, 0.15) is 11.9 Å². The van der Waals surface area contributed by atoms with Gasteiger partial charge in [0.25, 0.3) is 5.69 Å². The molecule has 0 saturated carbocycles. The Bertz CT molecular complexity index is 538. The maximum absolute atomic E-state index is 10.5. The normalized spacial score (nSPS) is 9.94. The van der Waals surface area contributed by atoms with Crippen molar-refractivity contribution in [1.29, 1.82) is 0 Å². The number of para-hydroxylation sites is 1. The third kappa shape index (κ3) is 2.23. The lowest BCUT2D eigenvalue weighted by molar-refractivity contribution is -0.385. The molecule has 0 amide bonds. The molecule has 0 saturated heterocycles. The van der Waals surface area contributed by atoms with E-state index in [4.69, 9.17) is 4.74 Å². The zero-order valence-corrected chi connectivity index (χ0v) is 9.16. The largest absolute Gasteiger partial charge is 0.496 e. The lowest BCUT2D eigenvalue weighted by Gasteiger charge is -2.06. The molecule has 1 heterocycles. The molecule has 0 aliphatic rings. The van der Waals surface area contributed by atoms with Crippen molar-refractivity contribution in [2.24, 2.45) is 0 Å². The monoisotopic (exact) mass is 230 g/mol. The van der Waals surface area contributed by atoms with Gasteiger partial charge in [0.2, 0.25) is 0 Å². The van der Waals surface area contributed by atoms with Crippen molar-refractivity contribution in [3.05, 3.63) is 52.7 Å². The molecule has 2 aromatic rings. The summed E-state index contributed by atoms with van der Waals surface area (Å²) >= 11 is 0. The molecule has 0 N–H and O–H groups in total. The number of nitrogens with zero attached hydrogens (tertiary/aromatic N) is 2. The molecule has 0 fully saturated rings. The van der Waals surface area contributed by atoms with E-state index in [2.05, 4.69) is 4.98 Å². The summed E-state index contributed by atoms with van der Waals surface area (Å²) in [6.07, 6.45) is 1.24. The summed E-state index contributed by atoms with van der Waals surface area (Å²) in [5.41, 5.74) is 1.43. The molecule has 0 aliphatic carbocycles. The van der Waals surface area contributed by atoms with Crippen LogP contribution in [-0.4, -0.2) is 17.0 Å². The van der Waals surface area contributed by atoms with E-state index in [-0.39, 0.29) is 5.69 Å². The smallest absolute Gasteiger partial charge is 0.287 e. The summed E-state index contributed by atoms with van der Waals surface area (Å²) in [5, 5.41) is 10.5. The van der Waals surface area contributed by atoms with Crippen LogP contribution in [0.25, 0.3) is 11.3 Å². The molecule has 86 valence electrons. The summed E-state index contributed by atoms with van der Waals surface area (Å²) < 4.78 is 5.20. The van der Waals surface area contributed by atoms with E-state index in [1.807, 2.05) is 24.3 Å². The topological polar surface area (TPSA) is 65.3 Å². The van der Waals surface area contributed by atoms with Gasteiger partial charge < -0.3 is 4.74 Å². The minimum atomic E-state index is -0.473. The number of hydrogen-bond acceptors (Lipinski definition) is 4. The van der Waals surface area contributed by atoms with Gasteiger partial charge in [-0.1, -0.05) is 12.1 Å². The fourth-order valence-corrected chi connectivity index (χ4v) is 1.51. The van der Waals surface area contributed by atoms with Gasteiger partial charge in [-0.2, -0.15) is 0 Å². The Balaban J connectivity index is 2.43. The van der Waals surface area contributed by atoms with Crippen molar-refractivity contribution in [3.8, 4) is 17.0 Å². The van der Waals surface area contributed by atoms with Gasteiger partial charge >= 0.3 is 0 Å². The number of hydrogen-bond donors (Lipinski definition) is 0. The standard InChI is InChI=1S/C12H10N2O3/c1-17-12-5-3-2-4-10(12)11-7-6-9(8-13-11)14(15)16/h2-8H,1H3. The molecule has 0 atom stereocenters. The third-order valence-electron chi connectivity index (χ3n) is 2.34. The Morgan fingerprint density at radius 2 is 2.00 bits per heavy atom. The van der Waals surface area contributed by atoms with Crippen molar-refractivity contribution in [2.45, 2.75) is 0 Å². The SMILES string of the molecule is COc1ccccc1-c1ccc([N+](=O)[O-])cn1. The van der Waals surface area contributed by atoms with Crippen molar-refractivity contribution < 1.29 is 9.66 Å². The van der Waals surface area contributed by atoms with Crippen molar-refractivity contribution in [1.82, 2.24) is 4.98 Å². The van der Waals surface area contributed by atoms with Crippen LogP contribution in [-0.2, 0) is 0 Å². The highest BCUT2D eigenvalue weighted by molar-refractivity contribution is 5.67. The maximum Gasteiger partial charge on any atom is 0.287 e. The summed E-state index contributed by atoms with van der Waals surface area (Å²) in [6, 6.07) is 10.4. The van der Waals surface area contributed by atoms with E-state index in [9.17, 15) is 10.1 Å². The number of methoxy groups -OCH3 is 1. The number of benzene rings is 1. The van der Waals surface area contributed by atoms with E-state index in [1.165, 1.54) is 12.3 Å². The highest BCUT2D eigenvalue weighted by atomic mass is 16.6. The molecular weight excluding hydrogens is 220 g/mol. The molecule has 0 bridgehead atoms. The van der Waals surface area contributed by atoms with E-state index in [0.29, 0.717) is 11.4 Å². The van der Waals surface area contributed by atoms with Crippen LogP contribution in [0, 0.1) is 10.1 Å². The van der Waals surface area contributed by atoms with Gasteiger partial charge in [-0.05, 0) is 18.2 Å². The predicted molar refractivity (Wildman–Crippen MR) is 62.9 cm³/mol. The second kappa shape index (κ2) is 4.61. The van der Waals surface area contributed by atoms with E-state index >= 15 is 0 Å². The van der Waals surface area contributed by atoms with Crippen LogP contribution in [0.5, 0.6) is 5.75 Å². The Hall–Kier alpha value is -2.43. The van der Waals surface area contributed by atoms with Gasteiger partial charge in [-0.3, -0.25) is 10.1 Å². The molecule has 1 aromatic heterocycles. The van der Waals surface area contributed by atoms with Crippen molar-refractivity contribution >= 4 is 5.69 Å². The van der Waals surface area contributed by atoms with Gasteiger partial charge in [-0.15, -0.1) is 0 Å². The minimum Gasteiger partial charge on any atom is -0.496 e. The molecule has 5 heteroatoms. The number of ether oxygens (including phenoxy) is 1. The Labute approximate surface area is 97.8 Å². The average Bonchev–Trinajstić information content (AvgIpc) is 2.39. The summed E-state index contributed by atoms with van der Waals surface area (Å²) in [5.74, 6) is 0.689.